The van der Waals surface area contributed by atoms with E-state index < -0.39 is 5.69 Å². The zero-order chi connectivity index (χ0) is 21.9. The van der Waals surface area contributed by atoms with Gasteiger partial charge in [0.1, 0.15) is 0 Å². The molecule has 0 fully saturated rings. The molecule has 0 bridgehead atoms. The third-order valence-electron chi connectivity index (χ3n) is 5.71. The second-order valence-electron chi connectivity index (χ2n) is 8.52. The molecule has 30 heavy (non-hydrogen) atoms. The predicted octanol–water partition coefficient (Wildman–Crippen LogP) is 6.19. The Morgan fingerprint density at radius 2 is 1.33 bits per heavy atom. The van der Waals surface area contributed by atoms with Gasteiger partial charge in [-0.1, -0.05) is 90.4 Å². The molecule has 1 atom stereocenters. The molecule has 1 N–H and O–H groups in total. The van der Waals surface area contributed by atoms with Crippen molar-refractivity contribution in [1.29, 1.82) is 0 Å². The fraction of sp³-hybridized carbons (Fsp3) is 0.800. The fourth-order valence-electron chi connectivity index (χ4n) is 3.78. The second kappa shape index (κ2) is 18.4. The molecule has 173 valence electrons. The molecule has 1 heterocycles. The number of H-pyrrole nitrogens is 1. The fourth-order valence-corrected chi connectivity index (χ4v) is 3.78. The highest BCUT2D eigenvalue weighted by molar-refractivity contribution is 4.86. The van der Waals surface area contributed by atoms with Gasteiger partial charge < -0.3 is 4.74 Å². The Morgan fingerprint density at radius 3 is 1.87 bits per heavy atom. The van der Waals surface area contributed by atoms with Crippen molar-refractivity contribution in [2.75, 3.05) is 13.2 Å². The van der Waals surface area contributed by atoms with Crippen molar-refractivity contribution in [3.63, 3.8) is 0 Å². The maximum Gasteiger partial charge on any atom is 0.328 e. The smallest absolute Gasteiger partial charge is 0.328 e. The number of nitrogens with zero attached hydrogens (tertiary/aromatic N) is 1. The van der Waals surface area contributed by atoms with Gasteiger partial charge in [-0.25, -0.2) is 4.79 Å². The Bertz CT molecular complexity index is 623. The quantitative estimate of drug-likeness (QED) is 0.255. The van der Waals surface area contributed by atoms with Crippen molar-refractivity contribution >= 4 is 0 Å². The first-order chi connectivity index (χ1) is 14.6. The van der Waals surface area contributed by atoms with Crippen molar-refractivity contribution in [2.24, 2.45) is 0 Å². The molecule has 0 amide bonds. The molecule has 0 saturated heterocycles. The van der Waals surface area contributed by atoms with Crippen LogP contribution in [0.15, 0.2) is 21.9 Å². The number of ether oxygens (including phenoxy) is 1. The summed E-state index contributed by atoms with van der Waals surface area (Å²) in [6.07, 6.45) is 22.2. The van der Waals surface area contributed by atoms with Gasteiger partial charge >= 0.3 is 5.69 Å². The number of aromatic amines is 1. The average molecular weight is 422 g/mol. The largest absolute Gasteiger partial charge is 0.381 e. The lowest BCUT2D eigenvalue weighted by molar-refractivity contribution is 0.124. The minimum Gasteiger partial charge on any atom is -0.381 e. The molecular formula is C25H45N2O3. The first-order valence-electron chi connectivity index (χ1n) is 12.4. The summed E-state index contributed by atoms with van der Waals surface area (Å²) in [5.74, 6) is 0. The molecule has 1 unspecified atom stereocenters. The van der Waals surface area contributed by atoms with Crippen LogP contribution >= 0.6 is 0 Å². The number of aromatic nitrogens is 2. The third kappa shape index (κ3) is 13.8. The molecule has 1 radical (unpaired) electrons. The van der Waals surface area contributed by atoms with Gasteiger partial charge in [0.05, 0.1) is 0 Å². The Labute approximate surface area is 183 Å². The van der Waals surface area contributed by atoms with E-state index >= 15 is 0 Å². The van der Waals surface area contributed by atoms with E-state index in [0.29, 0.717) is 6.61 Å². The van der Waals surface area contributed by atoms with E-state index in [2.05, 4.69) is 18.8 Å². The first kappa shape index (κ1) is 26.7. The summed E-state index contributed by atoms with van der Waals surface area (Å²) in [7, 11) is 0. The summed E-state index contributed by atoms with van der Waals surface area (Å²) >= 11 is 0. The Kier molecular flexibility index (Phi) is 16.4. The van der Waals surface area contributed by atoms with Crippen LogP contribution in [0.4, 0.5) is 0 Å². The Balaban J connectivity index is 1.82. The maximum atomic E-state index is 11.7. The molecule has 0 aliphatic rings. The normalized spacial score (nSPS) is 12.3. The summed E-state index contributed by atoms with van der Waals surface area (Å²) in [6.45, 7) is 7.79. The van der Waals surface area contributed by atoms with Crippen molar-refractivity contribution in [3.05, 3.63) is 40.0 Å². The van der Waals surface area contributed by atoms with Crippen LogP contribution in [-0.4, -0.2) is 22.8 Å². The molecule has 5 nitrogen and oxygen atoms in total. The van der Waals surface area contributed by atoms with E-state index in [0.717, 1.165) is 25.9 Å². The lowest BCUT2D eigenvalue weighted by Gasteiger charge is -2.14. The van der Waals surface area contributed by atoms with Gasteiger partial charge in [-0.3, -0.25) is 14.3 Å². The van der Waals surface area contributed by atoms with Crippen molar-refractivity contribution < 1.29 is 4.74 Å². The van der Waals surface area contributed by atoms with Gasteiger partial charge in [-0.15, -0.1) is 0 Å². The minimum atomic E-state index is -0.397. The molecule has 0 spiro atoms. The van der Waals surface area contributed by atoms with Crippen molar-refractivity contribution in [3.8, 4) is 0 Å². The molecule has 1 aromatic rings. The first-order valence-corrected chi connectivity index (χ1v) is 12.4. The van der Waals surface area contributed by atoms with Gasteiger partial charge in [0.2, 0.25) is 0 Å². The summed E-state index contributed by atoms with van der Waals surface area (Å²) in [4.78, 5) is 25.1. The van der Waals surface area contributed by atoms with Crippen LogP contribution < -0.4 is 11.2 Å². The standard InChI is InChI=1S/C25H45N2O3/c1-3-4-5-6-7-8-9-10-11-12-13-14-15-16-21-30-22-17-18-23(2)27-20-19-24(28)26-25(27)29/h19-20,23H,2-18,21-22H2,1H3,(H,26,28,29). The molecule has 1 aromatic heterocycles. The Hall–Kier alpha value is -1.36. The summed E-state index contributed by atoms with van der Waals surface area (Å²) in [6, 6.07) is 1.17. The summed E-state index contributed by atoms with van der Waals surface area (Å²) in [5, 5.41) is 0. The number of hydrogen-bond acceptors (Lipinski definition) is 3. The highest BCUT2D eigenvalue weighted by Gasteiger charge is 2.06. The lowest BCUT2D eigenvalue weighted by atomic mass is 10.0. The number of hydrogen-bond donors (Lipinski definition) is 1. The SMILES string of the molecule is [CH2]C(CCCOCCCCCCCCCCCCCCCC)n1ccc(=O)[nH]c1=O. The zero-order valence-electron chi connectivity index (χ0n) is 19.3. The highest BCUT2D eigenvalue weighted by atomic mass is 16.5. The van der Waals surface area contributed by atoms with Crippen LogP contribution in [0.3, 0.4) is 0 Å². The molecule has 0 aliphatic heterocycles. The zero-order valence-corrected chi connectivity index (χ0v) is 19.3. The monoisotopic (exact) mass is 421 g/mol. The van der Waals surface area contributed by atoms with Gasteiger partial charge in [0.25, 0.3) is 5.56 Å². The van der Waals surface area contributed by atoms with Crippen molar-refractivity contribution in [2.45, 2.75) is 116 Å². The van der Waals surface area contributed by atoms with Gasteiger partial charge in [0, 0.05) is 31.5 Å². The van der Waals surface area contributed by atoms with E-state index in [4.69, 9.17) is 4.74 Å². The van der Waals surface area contributed by atoms with E-state index in [1.165, 1.54) is 100 Å². The summed E-state index contributed by atoms with van der Waals surface area (Å²) < 4.78 is 7.17. The number of unbranched alkanes of at least 4 members (excludes halogenated alkanes) is 13. The van der Waals surface area contributed by atoms with E-state index in [9.17, 15) is 9.59 Å². The van der Waals surface area contributed by atoms with E-state index in [1.807, 2.05) is 0 Å². The second-order valence-corrected chi connectivity index (χ2v) is 8.52. The molecular weight excluding hydrogens is 376 g/mol. The van der Waals surface area contributed by atoms with Crippen LogP contribution in [-0.2, 0) is 4.74 Å². The molecule has 0 aromatic carbocycles. The molecule has 5 heteroatoms. The minimum absolute atomic E-state index is 0.181. The lowest BCUT2D eigenvalue weighted by Crippen LogP contribution is -2.30. The van der Waals surface area contributed by atoms with Crippen molar-refractivity contribution in [1.82, 2.24) is 9.55 Å². The van der Waals surface area contributed by atoms with E-state index in [1.54, 1.807) is 0 Å². The average Bonchev–Trinajstić information content (AvgIpc) is 2.72. The van der Waals surface area contributed by atoms with Gasteiger partial charge in [-0.05, 0) is 26.2 Å². The molecule has 1 rings (SSSR count). The Morgan fingerprint density at radius 1 is 0.833 bits per heavy atom. The van der Waals surface area contributed by atoms with Crippen LogP contribution in [0.25, 0.3) is 0 Å². The summed E-state index contributed by atoms with van der Waals surface area (Å²) in [5.41, 5.74) is -0.772. The number of nitrogens with one attached hydrogen (secondary N) is 1. The number of rotatable bonds is 20. The van der Waals surface area contributed by atoms with Crippen LogP contribution in [0.5, 0.6) is 0 Å². The molecule has 0 saturated carbocycles. The molecule has 0 aliphatic carbocycles. The van der Waals surface area contributed by atoms with Gasteiger partial charge in [-0.2, -0.15) is 0 Å². The van der Waals surface area contributed by atoms with Crippen LogP contribution in [0, 0.1) is 6.92 Å². The van der Waals surface area contributed by atoms with Gasteiger partial charge in [0.15, 0.2) is 0 Å². The third-order valence-corrected chi connectivity index (χ3v) is 5.71. The predicted molar refractivity (Wildman–Crippen MR) is 126 cm³/mol. The van der Waals surface area contributed by atoms with Crippen LogP contribution in [0.1, 0.15) is 116 Å². The van der Waals surface area contributed by atoms with E-state index in [-0.39, 0.29) is 11.6 Å². The maximum absolute atomic E-state index is 11.7. The van der Waals surface area contributed by atoms with Crippen LogP contribution in [0.2, 0.25) is 0 Å². The highest BCUT2D eigenvalue weighted by Crippen LogP contribution is 2.13. The topological polar surface area (TPSA) is 64.1 Å².